The number of nitrogens with zero attached hydrogens (tertiary/aromatic N) is 1. The van der Waals surface area contributed by atoms with Crippen LogP contribution in [0.25, 0.3) is 0 Å². The first kappa shape index (κ1) is 13.7. The molecule has 1 aromatic carbocycles. The molecule has 1 aromatic rings. The number of carbonyl (C=O) groups excluding carboxylic acids is 1. The van der Waals surface area contributed by atoms with Crippen LogP contribution < -0.4 is 9.64 Å². The van der Waals surface area contributed by atoms with Gasteiger partial charge in [0, 0.05) is 24.6 Å². The lowest BCUT2D eigenvalue weighted by Gasteiger charge is -2.18. The van der Waals surface area contributed by atoms with Crippen LogP contribution in [0, 0.1) is 5.92 Å². The molecular weight excluding hydrogens is 238 g/mol. The Balaban J connectivity index is 2.06. The third-order valence-corrected chi connectivity index (χ3v) is 3.55. The van der Waals surface area contributed by atoms with Crippen molar-refractivity contribution in [3.63, 3.8) is 0 Å². The number of ether oxygens (including phenoxy) is 1. The molecule has 0 spiro atoms. The van der Waals surface area contributed by atoms with Crippen LogP contribution in [0.2, 0.25) is 0 Å². The zero-order chi connectivity index (χ0) is 13.8. The molecule has 2 rings (SSSR count). The van der Waals surface area contributed by atoms with Gasteiger partial charge in [-0.2, -0.15) is 0 Å². The highest BCUT2D eigenvalue weighted by atomic mass is 16.5. The van der Waals surface area contributed by atoms with Crippen LogP contribution in [0.15, 0.2) is 36.9 Å². The van der Waals surface area contributed by atoms with Crippen LogP contribution in [0.3, 0.4) is 0 Å². The van der Waals surface area contributed by atoms with Crippen molar-refractivity contribution < 1.29 is 9.53 Å². The zero-order valence-electron chi connectivity index (χ0n) is 11.6. The quantitative estimate of drug-likeness (QED) is 0.758. The summed E-state index contributed by atoms with van der Waals surface area (Å²) in [6, 6.07) is 7.74. The smallest absolute Gasteiger partial charge is 0.227 e. The van der Waals surface area contributed by atoms with E-state index in [1.165, 1.54) is 0 Å². The van der Waals surface area contributed by atoms with E-state index >= 15 is 0 Å². The summed E-state index contributed by atoms with van der Waals surface area (Å²) in [7, 11) is 0. The fourth-order valence-electron chi connectivity index (χ4n) is 2.16. The van der Waals surface area contributed by atoms with Crippen molar-refractivity contribution in [3.05, 3.63) is 36.9 Å². The third kappa shape index (κ3) is 3.16. The summed E-state index contributed by atoms with van der Waals surface area (Å²) in [5.74, 6) is 1.29. The predicted octanol–water partition coefficient (Wildman–Crippen LogP) is 3.40. The van der Waals surface area contributed by atoms with E-state index in [1.807, 2.05) is 42.2 Å². The molecule has 0 N–H and O–H groups in total. The van der Waals surface area contributed by atoms with Crippen molar-refractivity contribution in [1.29, 1.82) is 0 Å². The first-order valence-corrected chi connectivity index (χ1v) is 6.83. The van der Waals surface area contributed by atoms with Crippen LogP contribution in [-0.4, -0.2) is 18.6 Å². The SMILES string of the molecule is C=CC1CC(=O)N(c2ccc(OC(C)CC)cc2)C1. The van der Waals surface area contributed by atoms with Crippen molar-refractivity contribution in [2.75, 3.05) is 11.4 Å². The minimum absolute atomic E-state index is 0.167. The molecule has 2 atom stereocenters. The molecule has 1 aliphatic rings. The van der Waals surface area contributed by atoms with E-state index in [4.69, 9.17) is 4.74 Å². The second-order valence-corrected chi connectivity index (χ2v) is 5.03. The molecule has 0 saturated carbocycles. The van der Waals surface area contributed by atoms with Gasteiger partial charge in [0.2, 0.25) is 5.91 Å². The zero-order valence-corrected chi connectivity index (χ0v) is 11.6. The van der Waals surface area contributed by atoms with Crippen LogP contribution in [-0.2, 0) is 4.79 Å². The number of hydrogen-bond donors (Lipinski definition) is 0. The molecule has 0 aliphatic carbocycles. The van der Waals surface area contributed by atoms with E-state index < -0.39 is 0 Å². The first-order chi connectivity index (χ1) is 9.13. The Bertz CT molecular complexity index is 452. The van der Waals surface area contributed by atoms with Gasteiger partial charge in [-0.15, -0.1) is 6.58 Å². The van der Waals surface area contributed by atoms with Crippen molar-refractivity contribution in [3.8, 4) is 5.75 Å². The summed E-state index contributed by atoms with van der Waals surface area (Å²) >= 11 is 0. The molecule has 3 nitrogen and oxygen atoms in total. The fraction of sp³-hybridized carbons (Fsp3) is 0.438. The molecular formula is C16H21NO2. The number of rotatable bonds is 5. The van der Waals surface area contributed by atoms with Crippen molar-refractivity contribution in [2.45, 2.75) is 32.8 Å². The highest BCUT2D eigenvalue weighted by Crippen LogP contribution is 2.27. The molecule has 0 aromatic heterocycles. The van der Waals surface area contributed by atoms with Gasteiger partial charge in [-0.25, -0.2) is 0 Å². The normalized spacial score (nSPS) is 20.4. The monoisotopic (exact) mass is 259 g/mol. The molecule has 1 fully saturated rings. The maximum atomic E-state index is 11.9. The van der Waals surface area contributed by atoms with E-state index in [0.717, 1.165) is 24.4 Å². The Morgan fingerprint density at radius 2 is 2.16 bits per heavy atom. The lowest BCUT2D eigenvalue weighted by molar-refractivity contribution is -0.117. The Hall–Kier alpha value is -1.77. The average molecular weight is 259 g/mol. The van der Waals surface area contributed by atoms with E-state index in [-0.39, 0.29) is 17.9 Å². The maximum Gasteiger partial charge on any atom is 0.227 e. The third-order valence-electron chi connectivity index (χ3n) is 3.55. The molecule has 1 amide bonds. The summed E-state index contributed by atoms with van der Waals surface area (Å²) in [4.78, 5) is 13.7. The second kappa shape index (κ2) is 5.91. The molecule has 0 bridgehead atoms. The number of carbonyl (C=O) groups is 1. The lowest BCUT2D eigenvalue weighted by Crippen LogP contribution is -2.24. The van der Waals surface area contributed by atoms with Gasteiger partial charge in [-0.3, -0.25) is 4.79 Å². The molecule has 0 radical (unpaired) electrons. The van der Waals surface area contributed by atoms with Gasteiger partial charge in [-0.05, 0) is 37.6 Å². The highest BCUT2D eigenvalue weighted by Gasteiger charge is 2.28. The summed E-state index contributed by atoms with van der Waals surface area (Å²) in [5, 5.41) is 0. The standard InChI is InChI=1S/C16H21NO2/c1-4-12(3)19-15-8-6-14(7-9-15)17-11-13(5-2)10-16(17)18/h5-9,12-13H,2,4,10-11H2,1,3H3. The van der Waals surface area contributed by atoms with Crippen LogP contribution in [0.5, 0.6) is 5.75 Å². The Kier molecular flexibility index (Phi) is 4.25. The molecule has 1 aliphatic heterocycles. The Labute approximate surface area is 114 Å². The van der Waals surface area contributed by atoms with Crippen LogP contribution in [0.4, 0.5) is 5.69 Å². The summed E-state index contributed by atoms with van der Waals surface area (Å²) in [6.07, 6.45) is 3.62. The Morgan fingerprint density at radius 3 is 2.68 bits per heavy atom. The largest absolute Gasteiger partial charge is 0.491 e. The number of anilines is 1. The second-order valence-electron chi connectivity index (χ2n) is 5.03. The summed E-state index contributed by atoms with van der Waals surface area (Å²) in [5.41, 5.74) is 0.936. The fourth-order valence-corrected chi connectivity index (χ4v) is 2.16. The topological polar surface area (TPSA) is 29.5 Å². The van der Waals surface area contributed by atoms with E-state index in [1.54, 1.807) is 0 Å². The van der Waals surface area contributed by atoms with Crippen molar-refractivity contribution in [1.82, 2.24) is 0 Å². The van der Waals surface area contributed by atoms with Crippen molar-refractivity contribution >= 4 is 11.6 Å². The number of amides is 1. The minimum atomic E-state index is 0.167. The van der Waals surface area contributed by atoms with E-state index in [2.05, 4.69) is 13.5 Å². The van der Waals surface area contributed by atoms with Crippen LogP contribution >= 0.6 is 0 Å². The van der Waals surface area contributed by atoms with Gasteiger partial charge in [0.15, 0.2) is 0 Å². The first-order valence-electron chi connectivity index (χ1n) is 6.83. The van der Waals surface area contributed by atoms with E-state index in [9.17, 15) is 4.79 Å². The van der Waals surface area contributed by atoms with Gasteiger partial charge in [-0.1, -0.05) is 13.0 Å². The van der Waals surface area contributed by atoms with E-state index in [0.29, 0.717) is 6.42 Å². The van der Waals surface area contributed by atoms with Gasteiger partial charge in [0.1, 0.15) is 5.75 Å². The van der Waals surface area contributed by atoms with Gasteiger partial charge in [0.05, 0.1) is 6.10 Å². The Morgan fingerprint density at radius 1 is 1.47 bits per heavy atom. The average Bonchev–Trinajstić information content (AvgIpc) is 2.81. The van der Waals surface area contributed by atoms with Gasteiger partial charge in [0.25, 0.3) is 0 Å². The minimum Gasteiger partial charge on any atom is -0.491 e. The summed E-state index contributed by atoms with van der Waals surface area (Å²) in [6.45, 7) is 8.64. The van der Waals surface area contributed by atoms with Crippen LogP contribution in [0.1, 0.15) is 26.7 Å². The molecule has 1 saturated heterocycles. The number of benzene rings is 1. The molecule has 102 valence electrons. The molecule has 19 heavy (non-hydrogen) atoms. The van der Waals surface area contributed by atoms with Gasteiger partial charge >= 0.3 is 0 Å². The molecule has 2 unspecified atom stereocenters. The lowest BCUT2D eigenvalue weighted by atomic mass is 10.1. The number of hydrogen-bond acceptors (Lipinski definition) is 2. The highest BCUT2D eigenvalue weighted by molar-refractivity contribution is 5.96. The molecule has 3 heteroatoms. The molecule has 1 heterocycles. The predicted molar refractivity (Wildman–Crippen MR) is 77.5 cm³/mol. The van der Waals surface area contributed by atoms with Gasteiger partial charge < -0.3 is 9.64 Å². The summed E-state index contributed by atoms with van der Waals surface area (Å²) < 4.78 is 5.73. The maximum absolute atomic E-state index is 11.9. The van der Waals surface area contributed by atoms with Crippen molar-refractivity contribution in [2.24, 2.45) is 5.92 Å².